The van der Waals surface area contributed by atoms with Crippen molar-refractivity contribution in [3.05, 3.63) is 0 Å². The molecule has 0 saturated heterocycles. The van der Waals surface area contributed by atoms with Crippen molar-refractivity contribution in [1.29, 1.82) is 0 Å². The summed E-state index contributed by atoms with van der Waals surface area (Å²) in [7, 11) is 5.73. The molecule has 0 unspecified atom stereocenters. The Morgan fingerprint density at radius 3 is 2.43 bits per heavy atom. The van der Waals surface area contributed by atoms with Crippen LogP contribution in [0.4, 0.5) is 0 Å². The molecule has 0 saturated carbocycles. The minimum Gasteiger partial charge on any atom is -0.370 e. The fraction of sp³-hybridized carbons (Fsp3) is 0.889. The lowest BCUT2D eigenvalue weighted by atomic mass is 10.5. The molecule has 14 heavy (non-hydrogen) atoms. The summed E-state index contributed by atoms with van der Waals surface area (Å²) in [5.74, 6) is 0.000278. The molecule has 1 amide bonds. The summed E-state index contributed by atoms with van der Waals surface area (Å²) in [6.45, 7) is 2.60. The molecule has 0 spiro atoms. The predicted molar refractivity (Wildman–Crippen MR) is 56.1 cm³/mol. The standard InChI is InChI=1S/C9H21N3O2/c1-11(2)5-6-12(3)9(13)8-14-7-4-10/h4-8,10H2,1-3H3. The molecule has 5 nitrogen and oxygen atoms in total. The molecule has 0 rings (SSSR count). The highest BCUT2D eigenvalue weighted by molar-refractivity contribution is 5.77. The maximum Gasteiger partial charge on any atom is 0.248 e. The van der Waals surface area contributed by atoms with Crippen molar-refractivity contribution in [2.24, 2.45) is 5.73 Å². The van der Waals surface area contributed by atoms with Crippen LogP contribution >= 0.6 is 0 Å². The zero-order chi connectivity index (χ0) is 11.0. The summed E-state index contributed by atoms with van der Waals surface area (Å²) >= 11 is 0. The molecular weight excluding hydrogens is 182 g/mol. The van der Waals surface area contributed by atoms with Crippen molar-refractivity contribution in [3.63, 3.8) is 0 Å². The third-order valence-corrected chi connectivity index (χ3v) is 1.80. The number of ether oxygens (including phenoxy) is 1. The molecule has 0 bridgehead atoms. The molecule has 0 fully saturated rings. The van der Waals surface area contributed by atoms with Gasteiger partial charge in [-0.15, -0.1) is 0 Å². The number of carbonyl (C=O) groups excluding carboxylic acids is 1. The maximum atomic E-state index is 11.4. The quantitative estimate of drug-likeness (QED) is 0.538. The van der Waals surface area contributed by atoms with Crippen molar-refractivity contribution in [1.82, 2.24) is 9.80 Å². The fourth-order valence-electron chi connectivity index (χ4n) is 0.828. The van der Waals surface area contributed by atoms with Crippen LogP contribution in [-0.2, 0) is 9.53 Å². The summed E-state index contributed by atoms with van der Waals surface area (Å²) in [4.78, 5) is 15.1. The van der Waals surface area contributed by atoms with Crippen LogP contribution in [0.25, 0.3) is 0 Å². The zero-order valence-electron chi connectivity index (χ0n) is 9.32. The Bertz CT molecular complexity index is 162. The smallest absolute Gasteiger partial charge is 0.248 e. The number of nitrogens with two attached hydrogens (primary N) is 1. The van der Waals surface area contributed by atoms with Gasteiger partial charge in [0.25, 0.3) is 0 Å². The van der Waals surface area contributed by atoms with E-state index in [1.54, 1.807) is 11.9 Å². The molecule has 0 aliphatic rings. The monoisotopic (exact) mass is 203 g/mol. The van der Waals surface area contributed by atoms with Crippen LogP contribution in [0.2, 0.25) is 0 Å². The Kier molecular flexibility index (Phi) is 7.37. The molecule has 0 aromatic carbocycles. The first kappa shape index (κ1) is 13.4. The number of rotatable bonds is 7. The van der Waals surface area contributed by atoms with Gasteiger partial charge in [-0.05, 0) is 14.1 Å². The normalized spacial score (nSPS) is 10.6. The third kappa shape index (κ3) is 6.82. The largest absolute Gasteiger partial charge is 0.370 e. The Morgan fingerprint density at radius 1 is 1.29 bits per heavy atom. The number of nitrogens with zero attached hydrogens (tertiary/aromatic N) is 2. The number of amides is 1. The van der Waals surface area contributed by atoms with Gasteiger partial charge in [0.05, 0.1) is 6.61 Å². The van der Waals surface area contributed by atoms with Gasteiger partial charge in [0, 0.05) is 26.7 Å². The maximum absolute atomic E-state index is 11.4. The van der Waals surface area contributed by atoms with Crippen LogP contribution in [0.1, 0.15) is 0 Å². The molecule has 5 heteroatoms. The van der Waals surface area contributed by atoms with Crippen molar-refractivity contribution in [3.8, 4) is 0 Å². The second kappa shape index (κ2) is 7.73. The highest BCUT2D eigenvalue weighted by Crippen LogP contribution is 1.87. The lowest BCUT2D eigenvalue weighted by molar-refractivity contribution is -0.134. The molecule has 0 radical (unpaired) electrons. The van der Waals surface area contributed by atoms with Crippen LogP contribution < -0.4 is 5.73 Å². The van der Waals surface area contributed by atoms with E-state index in [9.17, 15) is 4.79 Å². The predicted octanol–water partition coefficient (Wildman–Crippen LogP) is -1.02. The summed E-state index contributed by atoms with van der Waals surface area (Å²) in [5, 5.41) is 0. The molecule has 0 aliphatic carbocycles. The number of likely N-dealkylation sites (N-methyl/N-ethyl adjacent to an activating group) is 2. The summed E-state index contributed by atoms with van der Waals surface area (Å²) in [5.41, 5.74) is 5.23. The molecule has 0 aromatic heterocycles. The minimum absolute atomic E-state index is 0.000278. The first-order valence-electron chi connectivity index (χ1n) is 4.74. The van der Waals surface area contributed by atoms with Gasteiger partial charge in [-0.2, -0.15) is 0 Å². The summed E-state index contributed by atoms with van der Waals surface area (Å²) in [6.07, 6.45) is 0. The highest BCUT2D eigenvalue weighted by Gasteiger charge is 2.07. The van der Waals surface area contributed by atoms with Crippen molar-refractivity contribution in [2.75, 3.05) is 54.0 Å². The first-order valence-corrected chi connectivity index (χ1v) is 4.74. The Morgan fingerprint density at radius 2 is 1.93 bits per heavy atom. The third-order valence-electron chi connectivity index (χ3n) is 1.80. The Balaban J connectivity index is 3.54. The number of hydrogen-bond donors (Lipinski definition) is 1. The zero-order valence-corrected chi connectivity index (χ0v) is 9.32. The van der Waals surface area contributed by atoms with E-state index in [0.29, 0.717) is 13.2 Å². The lowest BCUT2D eigenvalue weighted by Crippen LogP contribution is -2.36. The molecule has 0 heterocycles. The fourth-order valence-corrected chi connectivity index (χ4v) is 0.828. The van der Waals surface area contributed by atoms with Gasteiger partial charge in [0.15, 0.2) is 0 Å². The van der Waals surface area contributed by atoms with Crippen molar-refractivity contribution >= 4 is 5.91 Å². The van der Waals surface area contributed by atoms with Gasteiger partial charge in [-0.25, -0.2) is 0 Å². The number of carbonyl (C=O) groups is 1. The van der Waals surface area contributed by atoms with E-state index in [-0.39, 0.29) is 12.5 Å². The van der Waals surface area contributed by atoms with Gasteiger partial charge >= 0.3 is 0 Å². The Hall–Kier alpha value is -0.650. The van der Waals surface area contributed by atoms with Gasteiger partial charge in [-0.3, -0.25) is 4.79 Å². The van der Waals surface area contributed by atoms with Gasteiger partial charge in [-0.1, -0.05) is 0 Å². The van der Waals surface area contributed by atoms with E-state index in [2.05, 4.69) is 0 Å². The second-order valence-electron chi connectivity index (χ2n) is 3.46. The van der Waals surface area contributed by atoms with E-state index in [0.717, 1.165) is 13.1 Å². The van der Waals surface area contributed by atoms with Crippen LogP contribution in [0.5, 0.6) is 0 Å². The summed E-state index contributed by atoms with van der Waals surface area (Å²) in [6, 6.07) is 0. The molecule has 0 aromatic rings. The average molecular weight is 203 g/mol. The van der Waals surface area contributed by atoms with E-state index in [1.165, 1.54) is 0 Å². The molecule has 0 atom stereocenters. The van der Waals surface area contributed by atoms with Crippen molar-refractivity contribution in [2.45, 2.75) is 0 Å². The second-order valence-corrected chi connectivity index (χ2v) is 3.46. The van der Waals surface area contributed by atoms with Gasteiger partial charge in [0.2, 0.25) is 5.91 Å². The van der Waals surface area contributed by atoms with Gasteiger partial charge in [0.1, 0.15) is 6.61 Å². The Labute approximate surface area is 85.8 Å². The topological polar surface area (TPSA) is 58.8 Å². The van der Waals surface area contributed by atoms with Crippen LogP contribution in [0.15, 0.2) is 0 Å². The minimum atomic E-state index is 0.000278. The average Bonchev–Trinajstić information content (AvgIpc) is 2.14. The SMILES string of the molecule is CN(C)CCN(C)C(=O)COCCN. The van der Waals surface area contributed by atoms with Gasteiger partial charge < -0.3 is 20.3 Å². The van der Waals surface area contributed by atoms with Crippen molar-refractivity contribution < 1.29 is 9.53 Å². The van der Waals surface area contributed by atoms with Crippen LogP contribution in [0.3, 0.4) is 0 Å². The molecular formula is C9H21N3O2. The van der Waals surface area contributed by atoms with E-state index in [1.807, 2.05) is 19.0 Å². The number of hydrogen-bond acceptors (Lipinski definition) is 4. The summed E-state index contributed by atoms with van der Waals surface area (Å²) < 4.78 is 5.04. The molecule has 2 N–H and O–H groups in total. The van der Waals surface area contributed by atoms with Crippen LogP contribution in [-0.4, -0.2) is 69.7 Å². The van der Waals surface area contributed by atoms with E-state index < -0.39 is 0 Å². The van der Waals surface area contributed by atoms with E-state index in [4.69, 9.17) is 10.5 Å². The van der Waals surface area contributed by atoms with E-state index >= 15 is 0 Å². The van der Waals surface area contributed by atoms with Crippen LogP contribution in [0, 0.1) is 0 Å². The lowest BCUT2D eigenvalue weighted by Gasteiger charge is -2.19. The highest BCUT2D eigenvalue weighted by atomic mass is 16.5. The molecule has 0 aliphatic heterocycles. The first-order chi connectivity index (χ1) is 6.57. The molecule has 84 valence electrons.